The summed E-state index contributed by atoms with van der Waals surface area (Å²) >= 11 is 1.30. The van der Waals surface area contributed by atoms with Crippen LogP contribution in [0, 0.1) is 11.3 Å². The van der Waals surface area contributed by atoms with Gasteiger partial charge < -0.3 is 5.11 Å². The highest BCUT2D eigenvalue weighted by atomic mass is 32.2. The predicted molar refractivity (Wildman–Crippen MR) is 77.0 cm³/mol. The van der Waals surface area contributed by atoms with Crippen molar-refractivity contribution >= 4 is 22.7 Å². The summed E-state index contributed by atoms with van der Waals surface area (Å²) in [4.78, 5) is 24.6. The van der Waals surface area contributed by atoms with Crippen molar-refractivity contribution in [2.24, 2.45) is 11.3 Å². The number of fused-ring (bicyclic) bond motifs is 1. The Balaban J connectivity index is 2.27. The number of carbonyl (C=O) groups is 2. The Morgan fingerprint density at radius 2 is 2.00 bits per heavy atom. The third kappa shape index (κ3) is 2.38. The highest BCUT2D eigenvalue weighted by molar-refractivity contribution is 8.14. The first-order valence-electron chi connectivity index (χ1n) is 7.09. The predicted octanol–water partition coefficient (Wildman–Crippen LogP) is 2.95. The van der Waals surface area contributed by atoms with Gasteiger partial charge in [0.15, 0.2) is 5.12 Å². The van der Waals surface area contributed by atoms with Gasteiger partial charge in [-0.05, 0) is 26.2 Å². The van der Waals surface area contributed by atoms with Gasteiger partial charge in [0, 0.05) is 11.2 Å². The number of aliphatic hydroxyl groups is 1. The van der Waals surface area contributed by atoms with E-state index in [1.807, 2.05) is 27.7 Å². The van der Waals surface area contributed by atoms with Crippen LogP contribution in [0.15, 0.2) is 0 Å². The lowest BCUT2D eigenvalue weighted by Crippen LogP contribution is -2.55. The fourth-order valence-corrected chi connectivity index (χ4v) is 4.65. The van der Waals surface area contributed by atoms with Crippen molar-refractivity contribution in [3.63, 3.8) is 0 Å². The van der Waals surface area contributed by atoms with Crippen molar-refractivity contribution in [2.75, 3.05) is 0 Å². The molecule has 0 unspecified atom stereocenters. The van der Waals surface area contributed by atoms with E-state index in [0.29, 0.717) is 25.7 Å². The topological polar surface area (TPSA) is 54.4 Å². The second-order valence-electron chi connectivity index (χ2n) is 7.16. The Morgan fingerprint density at radius 3 is 2.58 bits per heavy atom. The first kappa shape index (κ1) is 15.0. The molecule has 0 bridgehead atoms. The van der Waals surface area contributed by atoms with E-state index in [1.165, 1.54) is 11.8 Å². The highest BCUT2D eigenvalue weighted by Gasteiger charge is 2.63. The quantitative estimate of drug-likeness (QED) is 0.804. The van der Waals surface area contributed by atoms with E-state index >= 15 is 0 Å². The summed E-state index contributed by atoms with van der Waals surface area (Å²) in [6.45, 7) is 7.86. The lowest BCUT2D eigenvalue weighted by molar-refractivity contribution is -0.156. The molecule has 2 saturated carbocycles. The van der Waals surface area contributed by atoms with Crippen LogP contribution in [0.3, 0.4) is 0 Å². The molecule has 0 aliphatic heterocycles. The van der Waals surface area contributed by atoms with Gasteiger partial charge in [-0.3, -0.25) is 9.59 Å². The Hall–Kier alpha value is -0.350. The summed E-state index contributed by atoms with van der Waals surface area (Å²) in [5.74, 6) is -0.254. The molecule has 0 spiro atoms. The SMILES string of the molecule is CC(C)(C)SC(=O)[C@@H]1CCC[C@@]2(C)C(=O)CC[C@@]12O. The van der Waals surface area contributed by atoms with Crippen molar-refractivity contribution in [1.29, 1.82) is 0 Å². The average Bonchev–Trinajstić information content (AvgIpc) is 2.49. The van der Waals surface area contributed by atoms with Crippen LogP contribution in [0.4, 0.5) is 0 Å². The second kappa shape index (κ2) is 4.59. The maximum Gasteiger partial charge on any atom is 0.195 e. The van der Waals surface area contributed by atoms with Gasteiger partial charge in [0.1, 0.15) is 5.78 Å². The summed E-state index contributed by atoms with van der Waals surface area (Å²) < 4.78 is -0.149. The van der Waals surface area contributed by atoms with Gasteiger partial charge in [0.2, 0.25) is 0 Å². The molecular weight excluding hydrogens is 260 g/mol. The third-order valence-corrected chi connectivity index (χ3v) is 5.84. The number of Topliss-reactive ketones (excluding diaryl/α,β-unsaturated/α-hetero) is 1. The summed E-state index contributed by atoms with van der Waals surface area (Å²) in [6, 6.07) is 0. The molecule has 0 amide bonds. The molecule has 1 N–H and O–H groups in total. The first-order chi connectivity index (χ1) is 8.60. The van der Waals surface area contributed by atoms with Gasteiger partial charge in [-0.15, -0.1) is 0 Å². The van der Waals surface area contributed by atoms with E-state index in [2.05, 4.69) is 0 Å². The van der Waals surface area contributed by atoms with Crippen LogP contribution in [0.1, 0.15) is 59.8 Å². The second-order valence-corrected chi connectivity index (χ2v) is 8.99. The molecule has 0 radical (unpaired) electrons. The van der Waals surface area contributed by atoms with Crippen molar-refractivity contribution < 1.29 is 14.7 Å². The van der Waals surface area contributed by atoms with Crippen LogP contribution in [0.2, 0.25) is 0 Å². The van der Waals surface area contributed by atoms with E-state index < -0.39 is 11.0 Å². The fraction of sp³-hybridized carbons (Fsp3) is 0.867. The molecule has 0 aromatic carbocycles. The zero-order chi connectivity index (χ0) is 14.5. The Morgan fingerprint density at radius 1 is 1.37 bits per heavy atom. The van der Waals surface area contributed by atoms with Crippen LogP contribution < -0.4 is 0 Å². The van der Waals surface area contributed by atoms with E-state index in [1.54, 1.807) is 0 Å². The van der Waals surface area contributed by atoms with E-state index in [-0.39, 0.29) is 21.6 Å². The van der Waals surface area contributed by atoms with Crippen molar-refractivity contribution in [1.82, 2.24) is 0 Å². The van der Waals surface area contributed by atoms with Crippen LogP contribution in [-0.2, 0) is 9.59 Å². The summed E-state index contributed by atoms with van der Waals surface area (Å²) in [5.41, 5.74) is -1.82. The molecule has 2 rings (SSSR count). The van der Waals surface area contributed by atoms with Crippen LogP contribution in [0.5, 0.6) is 0 Å². The monoisotopic (exact) mass is 284 g/mol. The maximum absolute atomic E-state index is 12.5. The molecule has 0 heterocycles. The van der Waals surface area contributed by atoms with Crippen molar-refractivity contribution in [3.8, 4) is 0 Å². The largest absolute Gasteiger partial charge is 0.388 e. The van der Waals surface area contributed by atoms with Gasteiger partial charge in [0.05, 0.1) is 16.9 Å². The molecule has 3 atom stereocenters. The molecule has 19 heavy (non-hydrogen) atoms. The molecule has 2 aliphatic carbocycles. The van der Waals surface area contributed by atoms with Gasteiger partial charge in [-0.25, -0.2) is 0 Å². The molecule has 2 aliphatic rings. The van der Waals surface area contributed by atoms with Crippen LogP contribution >= 0.6 is 11.8 Å². The molecule has 3 nitrogen and oxygen atoms in total. The summed E-state index contributed by atoms with van der Waals surface area (Å²) in [5, 5.41) is 11.1. The Labute approximate surface area is 119 Å². The molecule has 108 valence electrons. The molecule has 4 heteroatoms. The average molecular weight is 284 g/mol. The third-order valence-electron chi connectivity index (χ3n) is 4.74. The number of ketones is 1. The van der Waals surface area contributed by atoms with E-state index in [9.17, 15) is 14.7 Å². The fourth-order valence-electron chi connectivity index (χ4n) is 3.60. The summed E-state index contributed by atoms with van der Waals surface area (Å²) in [6.07, 6.45) is 3.14. The molecular formula is C15H24O3S. The summed E-state index contributed by atoms with van der Waals surface area (Å²) in [7, 11) is 0. The van der Waals surface area contributed by atoms with Crippen LogP contribution in [0.25, 0.3) is 0 Å². The lowest BCUT2D eigenvalue weighted by Gasteiger charge is -2.47. The molecule has 0 aromatic rings. The minimum absolute atomic E-state index is 0.0515. The van der Waals surface area contributed by atoms with Gasteiger partial charge in [0.25, 0.3) is 0 Å². The van der Waals surface area contributed by atoms with Gasteiger partial charge in [-0.2, -0.15) is 0 Å². The number of thioether (sulfide) groups is 1. The number of carbonyl (C=O) groups excluding carboxylic acids is 2. The molecule has 0 aromatic heterocycles. The van der Waals surface area contributed by atoms with Crippen LogP contribution in [-0.4, -0.2) is 26.4 Å². The smallest absolute Gasteiger partial charge is 0.195 e. The lowest BCUT2D eigenvalue weighted by atomic mass is 9.61. The standard InChI is InChI=1S/C15H24O3S/c1-13(2,3)19-12(17)10-6-5-8-14(4)11(16)7-9-15(10,14)18/h10,18H,5-9H2,1-4H3/t10-,14-,15+/m0/s1. The number of rotatable bonds is 1. The van der Waals surface area contributed by atoms with E-state index in [4.69, 9.17) is 0 Å². The molecule has 0 saturated heterocycles. The Bertz CT molecular complexity index is 412. The minimum atomic E-state index is -1.11. The van der Waals surface area contributed by atoms with Gasteiger partial charge >= 0.3 is 0 Å². The maximum atomic E-state index is 12.5. The highest BCUT2D eigenvalue weighted by Crippen LogP contribution is 2.56. The van der Waals surface area contributed by atoms with Crippen molar-refractivity contribution in [2.45, 2.75) is 70.1 Å². The molecule has 2 fully saturated rings. The number of hydrogen-bond acceptors (Lipinski definition) is 4. The number of hydrogen-bond donors (Lipinski definition) is 1. The van der Waals surface area contributed by atoms with Gasteiger partial charge in [-0.1, -0.05) is 39.0 Å². The van der Waals surface area contributed by atoms with E-state index in [0.717, 1.165) is 6.42 Å². The normalized spacial score (nSPS) is 39.2. The zero-order valence-corrected chi connectivity index (χ0v) is 13.1. The Kier molecular flexibility index (Phi) is 3.63. The first-order valence-corrected chi connectivity index (χ1v) is 7.90. The minimum Gasteiger partial charge on any atom is -0.388 e. The van der Waals surface area contributed by atoms with Crippen molar-refractivity contribution in [3.05, 3.63) is 0 Å². The zero-order valence-electron chi connectivity index (χ0n) is 12.3.